The van der Waals surface area contributed by atoms with E-state index in [1.807, 2.05) is 4.90 Å². The van der Waals surface area contributed by atoms with Gasteiger partial charge in [-0.15, -0.1) is 0 Å². The van der Waals surface area contributed by atoms with Crippen molar-refractivity contribution < 1.29 is 15.0 Å². The van der Waals surface area contributed by atoms with Crippen molar-refractivity contribution in [2.24, 2.45) is 0 Å². The van der Waals surface area contributed by atoms with Gasteiger partial charge >= 0.3 is 0 Å². The highest BCUT2D eigenvalue weighted by molar-refractivity contribution is 5.79. The molecule has 0 spiro atoms. The molecule has 0 aromatic carbocycles. The highest BCUT2D eigenvalue weighted by Crippen LogP contribution is 1.98. The smallest absolute Gasteiger partial charge is 0.234 e. The number of carbonyl (C=O) groups excluding carboxylic acids is 1. The molecule has 0 aromatic heterocycles. The largest absolute Gasteiger partial charge is 0.395 e. The van der Waals surface area contributed by atoms with Crippen molar-refractivity contribution in [3.8, 4) is 0 Å². The Bertz CT molecular complexity index is 163. The van der Waals surface area contributed by atoms with E-state index in [1.54, 1.807) is 0 Å². The van der Waals surface area contributed by atoms with Gasteiger partial charge in [0.05, 0.1) is 25.8 Å². The van der Waals surface area contributed by atoms with Crippen molar-refractivity contribution >= 4 is 5.91 Å². The normalized spacial score (nSPS) is 25.5. The van der Waals surface area contributed by atoms with Gasteiger partial charge in [0, 0.05) is 13.1 Å². The zero-order valence-corrected chi connectivity index (χ0v) is 6.86. The maximum atomic E-state index is 11.0. The van der Waals surface area contributed by atoms with Crippen molar-refractivity contribution in [2.75, 3.05) is 32.8 Å². The SMILES string of the molecule is O=C1CN(CCO)C[C@@H](CO)N1. The van der Waals surface area contributed by atoms with E-state index in [9.17, 15) is 4.79 Å². The first kappa shape index (κ1) is 9.44. The molecule has 1 aliphatic heterocycles. The van der Waals surface area contributed by atoms with Crippen LogP contribution in [0.1, 0.15) is 0 Å². The van der Waals surface area contributed by atoms with Crippen LogP contribution in [0.15, 0.2) is 0 Å². The first-order valence-electron chi connectivity index (χ1n) is 3.99. The van der Waals surface area contributed by atoms with Gasteiger partial charge in [0.2, 0.25) is 5.91 Å². The summed E-state index contributed by atoms with van der Waals surface area (Å²) < 4.78 is 0. The minimum absolute atomic E-state index is 0.0471. The van der Waals surface area contributed by atoms with Gasteiger partial charge in [-0.25, -0.2) is 0 Å². The summed E-state index contributed by atoms with van der Waals surface area (Å²) in [6.45, 7) is 1.42. The molecule has 0 radical (unpaired) electrons. The molecular weight excluding hydrogens is 160 g/mol. The number of β-amino-alcohol motifs (C(OH)–C–C–N with tert-alkyl or cyclic N) is 1. The Kier molecular flexibility index (Phi) is 3.46. The van der Waals surface area contributed by atoms with Gasteiger partial charge in [-0.1, -0.05) is 0 Å². The predicted octanol–water partition coefficient (Wildman–Crippen LogP) is -2.23. The Hall–Kier alpha value is -0.650. The molecule has 1 aliphatic rings. The van der Waals surface area contributed by atoms with Crippen molar-refractivity contribution in [1.29, 1.82) is 0 Å². The number of nitrogens with zero attached hydrogens (tertiary/aromatic N) is 1. The van der Waals surface area contributed by atoms with Crippen LogP contribution in [0.3, 0.4) is 0 Å². The second kappa shape index (κ2) is 4.39. The molecular formula is C7H14N2O3. The quantitative estimate of drug-likeness (QED) is 0.453. The first-order chi connectivity index (χ1) is 5.76. The molecule has 1 rings (SSSR count). The molecule has 0 bridgehead atoms. The summed E-state index contributed by atoms with van der Waals surface area (Å²) in [5, 5.41) is 20.1. The van der Waals surface area contributed by atoms with Crippen LogP contribution in [-0.4, -0.2) is 59.9 Å². The van der Waals surface area contributed by atoms with Gasteiger partial charge in [0.25, 0.3) is 0 Å². The lowest BCUT2D eigenvalue weighted by atomic mass is 10.2. The van der Waals surface area contributed by atoms with Crippen molar-refractivity contribution in [3.05, 3.63) is 0 Å². The summed E-state index contributed by atoms with van der Waals surface area (Å²) in [6, 6.07) is -0.183. The fourth-order valence-corrected chi connectivity index (χ4v) is 1.31. The van der Waals surface area contributed by atoms with E-state index < -0.39 is 0 Å². The number of hydrogen-bond donors (Lipinski definition) is 3. The number of hydrogen-bond acceptors (Lipinski definition) is 4. The minimum atomic E-state index is -0.183. The van der Waals surface area contributed by atoms with Gasteiger partial charge < -0.3 is 15.5 Å². The Balaban J connectivity index is 2.39. The van der Waals surface area contributed by atoms with Gasteiger partial charge in [-0.3, -0.25) is 9.69 Å². The molecule has 0 saturated carbocycles. The van der Waals surface area contributed by atoms with E-state index in [0.29, 0.717) is 19.6 Å². The van der Waals surface area contributed by atoms with Crippen LogP contribution in [0.5, 0.6) is 0 Å². The van der Waals surface area contributed by atoms with Crippen molar-refractivity contribution in [2.45, 2.75) is 6.04 Å². The average molecular weight is 174 g/mol. The van der Waals surface area contributed by atoms with Crippen LogP contribution in [-0.2, 0) is 4.79 Å². The molecule has 0 aromatic rings. The molecule has 5 heteroatoms. The monoisotopic (exact) mass is 174 g/mol. The van der Waals surface area contributed by atoms with Crippen LogP contribution in [0, 0.1) is 0 Å². The van der Waals surface area contributed by atoms with Gasteiger partial charge in [-0.05, 0) is 0 Å². The lowest BCUT2D eigenvalue weighted by Gasteiger charge is -2.31. The van der Waals surface area contributed by atoms with E-state index in [0.717, 1.165) is 0 Å². The van der Waals surface area contributed by atoms with Crippen molar-refractivity contribution in [3.63, 3.8) is 0 Å². The molecule has 1 atom stereocenters. The summed E-state index contributed by atoms with van der Waals surface area (Å²) in [5.74, 6) is -0.0891. The Morgan fingerprint density at radius 3 is 2.92 bits per heavy atom. The maximum absolute atomic E-state index is 11.0. The van der Waals surface area contributed by atoms with Crippen LogP contribution in [0.25, 0.3) is 0 Å². The topological polar surface area (TPSA) is 72.8 Å². The minimum Gasteiger partial charge on any atom is -0.395 e. The number of piperazine rings is 1. The fraction of sp³-hybridized carbons (Fsp3) is 0.857. The lowest BCUT2D eigenvalue weighted by molar-refractivity contribution is -0.126. The molecule has 12 heavy (non-hydrogen) atoms. The van der Waals surface area contributed by atoms with Crippen LogP contribution in [0.4, 0.5) is 0 Å². The number of amides is 1. The van der Waals surface area contributed by atoms with E-state index >= 15 is 0 Å². The average Bonchev–Trinajstić information content (AvgIpc) is 2.04. The zero-order chi connectivity index (χ0) is 8.97. The summed E-state index contributed by atoms with van der Waals surface area (Å²) in [6.07, 6.45) is 0. The number of aliphatic hydroxyl groups is 2. The Morgan fingerprint density at radius 1 is 1.58 bits per heavy atom. The molecule has 0 aliphatic carbocycles. The summed E-state index contributed by atoms with van der Waals surface area (Å²) in [7, 11) is 0. The van der Waals surface area contributed by atoms with Gasteiger partial charge in [0.15, 0.2) is 0 Å². The molecule has 1 amide bonds. The highest BCUT2D eigenvalue weighted by atomic mass is 16.3. The standard InChI is InChI=1S/C7H14N2O3/c10-2-1-9-3-6(5-11)8-7(12)4-9/h6,10-11H,1-5H2,(H,8,12)/t6-/m0/s1. The van der Waals surface area contributed by atoms with Crippen molar-refractivity contribution in [1.82, 2.24) is 10.2 Å². The second-order valence-corrected chi connectivity index (χ2v) is 2.91. The van der Waals surface area contributed by atoms with Gasteiger partial charge in [-0.2, -0.15) is 0 Å². The second-order valence-electron chi connectivity index (χ2n) is 2.91. The maximum Gasteiger partial charge on any atom is 0.234 e. The zero-order valence-electron chi connectivity index (χ0n) is 6.86. The fourth-order valence-electron chi connectivity index (χ4n) is 1.31. The number of nitrogens with one attached hydrogen (secondary N) is 1. The number of rotatable bonds is 3. The molecule has 1 heterocycles. The van der Waals surface area contributed by atoms with E-state index in [1.165, 1.54) is 0 Å². The van der Waals surface area contributed by atoms with Crippen LogP contribution < -0.4 is 5.32 Å². The van der Waals surface area contributed by atoms with Crippen LogP contribution in [0.2, 0.25) is 0 Å². The molecule has 1 fully saturated rings. The summed E-state index contributed by atoms with van der Waals surface area (Å²) >= 11 is 0. The molecule has 70 valence electrons. The van der Waals surface area contributed by atoms with Crippen LogP contribution >= 0.6 is 0 Å². The van der Waals surface area contributed by atoms with E-state index in [-0.39, 0.29) is 25.2 Å². The molecule has 1 saturated heterocycles. The van der Waals surface area contributed by atoms with E-state index in [4.69, 9.17) is 10.2 Å². The summed E-state index contributed by atoms with van der Waals surface area (Å²) in [4.78, 5) is 12.8. The third-order valence-corrected chi connectivity index (χ3v) is 1.85. The highest BCUT2D eigenvalue weighted by Gasteiger charge is 2.22. The Labute approximate surface area is 71.0 Å². The number of carbonyl (C=O) groups is 1. The third kappa shape index (κ3) is 2.44. The molecule has 0 unspecified atom stereocenters. The predicted molar refractivity (Wildman–Crippen MR) is 42.5 cm³/mol. The first-order valence-corrected chi connectivity index (χ1v) is 3.99. The molecule has 5 nitrogen and oxygen atoms in total. The van der Waals surface area contributed by atoms with E-state index in [2.05, 4.69) is 5.32 Å². The third-order valence-electron chi connectivity index (χ3n) is 1.85. The molecule has 3 N–H and O–H groups in total. The Morgan fingerprint density at radius 2 is 2.33 bits per heavy atom. The van der Waals surface area contributed by atoms with Gasteiger partial charge in [0.1, 0.15) is 0 Å². The number of aliphatic hydroxyl groups excluding tert-OH is 2. The lowest BCUT2D eigenvalue weighted by Crippen LogP contribution is -2.55. The summed E-state index contributed by atoms with van der Waals surface area (Å²) in [5.41, 5.74) is 0.